The number of esters is 1. The van der Waals surface area contributed by atoms with E-state index in [-0.39, 0.29) is 16.7 Å². The second-order valence-electron chi connectivity index (χ2n) is 6.18. The quantitative estimate of drug-likeness (QED) is 0.517. The molecule has 0 aliphatic rings. The molecule has 1 amide bonds. The van der Waals surface area contributed by atoms with Gasteiger partial charge in [0, 0.05) is 16.8 Å². The monoisotopic (exact) mass is 474 g/mol. The molecule has 0 saturated carbocycles. The van der Waals surface area contributed by atoms with E-state index in [4.69, 9.17) is 10.5 Å². The van der Waals surface area contributed by atoms with Gasteiger partial charge >= 0.3 is 5.97 Å². The van der Waals surface area contributed by atoms with Crippen molar-refractivity contribution in [1.82, 2.24) is 4.98 Å². The van der Waals surface area contributed by atoms with E-state index in [2.05, 4.69) is 57.6 Å². The highest BCUT2D eigenvalue weighted by molar-refractivity contribution is 9.11. The zero-order valence-electron chi connectivity index (χ0n) is 13.6. The molecule has 0 saturated heterocycles. The molecule has 0 aliphatic heterocycles. The van der Waals surface area contributed by atoms with Gasteiger partial charge in [-0.1, -0.05) is 36.7 Å². The molecule has 2 aromatic rings. The van der Waals surface area contributed by atoms with Crippen LogP contribution in [0.4, 0.5) is 0 Å². The molecule has 2 rings (SSSR count). The number of amides is 1. The van der Waals surface area contributed by atoms with Gasteiger partial charge in [-0.15, -0.1) is 11.3 Å². The van der Waals surface area contributed by atoms with Crippen molar-refractivity contribution in [2.24, 2.45) is 5.73 Å². The largest absolute Gasteiger partial charge is 0.425 e. The number of primary amides is 1. The maximum atomic E-state index is 11.8. The van der Waals surface area contributed by atoms with E-state index in [1.807, 2.05) is 0 Å². The number of thiazole rings is 1. The van der Waals surface area contributed by atoms with Crippen molar-refractivity contribution < 1.29 is 14.3 Å². The molecule has 0 unspecified atom stereocenters. The van der Waals surface area contributed by atoms with Crippen LogP contribution in [0, 0.1) is 0 Å². The summed E-state index contributed by atoms with van der Waals surface area (Å²) >= 11 is 8.30. The summed E-state index contributed by atoms with van der Waals surface area (Å²) in [7, 11) is 0. The van der Waals surface area contributed by atoms with E-state index in [0.717, 1.165) is 9.48 Å². The number of aromatic nitrogens is 1. The Kier molecular flexibility index (Phi) is 5.51. The highest BCUT2D eigenvalue weighted by atomic mass is 79.9. The fraction of sp³-hybridized carbons (Fsp3) is 0.312. The molecule has 128 valence electrons. The van der Waals surface area contributed by atoms with Crippen molar-refractivity contribution >= 4 is 55.1 Å². The van der Waals surface area contributed by atoms with E-state index in [0.29, 0.717) is 15.0 Å². The van der Waals surface area contributed by atoms with Crippen molar-refractivity contribution in [2.75, 3.05) is 0 Å². The maximum Gasteiger partial charge on any atom is 0.308 e. The number of ether oxygens (including phenoxy) is 1. The smallest absolute Gasteiger partial charge is 0.308 e. The fourth-order valence-corrected chi connectivity index (χ4v) is 4.69. The zero-order chi connectivity index (χ0) is 18.2. The molecule has 0 radical (unpaired) electrons. The van der Waals surface area contributed by atoms with E-state index in [1.54, 1.807) is 6.07 Å². The third-order valence-corrected chi connectivity index (χ3v) is 5.29. The van der Waals surface area contributed by atoms with Gasteiger partial charge in [0.05, 0.1) is 20.6 Å². The van der Waals surface area contributed by atoms with Crippen LogP contribution in [-0.4, -0.2) is 16.9 Å². The summed E-state index contributed by atoms with van der Waals surface area (Å²) in [5, 5.41) is 0.631. The highest BCUT2D eigenvalue weighted by Gasteiger charge is 2.26. The van der Waals surface area contributed by atoms with E-state index < -0.39 is 11.9 Å². The van der Waals surface area contributed by atoms with Crippen LogP contribution < -0.4 is 10.5 Å². The molecule has 5 nitrogen and oxygen atoms in total. The summed E-state index contributed by atoms with van der Waals surface area (Å²) in [6, 6.07) is 3.28. The van der Waals surface area contributed by atoms with Crippen molar-refractivity contribution in [2.45, 2.75) is 33.1 Å². The normalized spacial score (nSPS) is 11.4. The number of carbonyl (C=O) groups excluding carboxylic acids is 2. The molecule has 1 aromatic carbocycles. The minimum Gasteiger partial charge on any atom is -0.425 e. The lowest BCUT2D eigenvalue weighted by molar-refractivity contribution is -0.131. The average molecular weight is 476 g/mol. The van der Waals surface area contributed by atoms with Crippen molar-refractivity contribution in [3.05, 3.63) is 31.6 Å². The maximum absolute atomic E-state index is 11.8. The van der Waals surface area contributed by atoms with E-state index in [9.17, 15) is 9.59 Å². The molecule has 1 aromatic heterocycles. The summed E-state index contributed by atoms with van der Waals surface area (Å²) < 4.78 is 6.81. The van der Waals surface area contributed by atoms with Crippen LogP contribution in [0.15, 0.2) is 20.4 Å². The van der Waals surface area contributed by atoms with Gasteiger partial charge in [0.15, 0.2) is 5.75 Å². The Morgan fingerprint density at radius 3 is 2.33 bits per heavy atom. The van der Waals surface area contributed by atoms with Gasteiger partial charge in [0.25, 0.3) is 5.91 Å². The molecule has 0 atom stereocenters. The first kappa shape index (κ1) is 19.1. The van der Waals surface area contributed by atoms with Crippen LogP contribution in [0.25, 0.3) is 10.6 Å². The summed E-state index contributed by atoms with van der Waals surface area (Å²) in [5.41, 5.74) is 6.82. The Labute approximate surface area is 160 Å². The lowest BCUT2D eigenvalue weighted by Crippen LogP contribution is -2.15. The van der Waals surface area contributed by atoms with Crippen LogP contribution in [0.2, 0.25) is 0 Å². The Morgan fingerprint density at radius 2 is 1.88 bits per heavy atom. The predicted molar refractivity (Wildman–Crippen MR) is 101 cm³/mol. The van der Waals surface area contributed by atoms with Gasteiger partial charge in [0.1, 0.15) is 5.01 Å². The minimum atomic E-state index is -0.680. The molecule has 0 aliphatic carbocycles. The first-order chi connectivity index (χ1) is 11.0. The summed E-state index contributed by atoms with van der Waals surface area (Å²) in [6.07, 6.45) is 0. The molecule has 0 fully saturated rings. The van der Waals surface area contributed by atoms with E-state index in [1.165, 1.54) is 24.3 Å². The first-order valence-electron chi connectivity index (χ1n) is 6.99. The number of carbonyl (C=O) groups is 2. The molecular weight excluding hydrogens is 460 g/mol. The van der Waals surface area contributed by atoms with Gasteiger partial charge in [-0.05, 0) is 28.1 Å². The third kappa shape index (κ3) is 4.04. The Morgan fingerprint density at radius 1 is 1.25 bits per heavy atom. The van der Waals surface area contributed by atoms with Gasteiger partial charge in [-0.3, -0.25) is 9.59 Å². The molecular formula is C16H16Br2N2O3S. The van der Waals surface area contributed by atoms with Gasteiger partial charge in [0.2, 0.25) is 0 Å². The fourth-order valence-electron chi connectivity index (χ4n) is 2.07. The van der Waals surface area contributed by atoms with Crippen molar-refractivity contribution in [1.29, 1.82) is 0 Å². The van der Waals surface area contributed by atoms with E-state index >= 15 is 0 Å². The highest BCUT2D eigenvalue weighted by Crippen LogP contribution is 2.43. The van der Waals surface area contributed by atoms with Gasteiger partial charge < -0.3 is 10.5 Å². The molecule has 8 heteroatoms. The van der Waals surface area contributed by atoms with Crippen LogP contribution in [0.3, 0.4) is 0 Å². The van der Waals surface area contributed by atoms with Crippen LogP contribution in [0.5, 0.6) is 5.75 Å². The standard InChI is InChI=1S/C16H16Br2N2O3S/c1-7(21)23-11-9(14(19)22)5-8(17)6-10(11)15-20-12(13(18)24-15)16(2,3)4/h5-6H,1-4H3,(H2,19,22). The number of benzene rings is 1. The number of hydrogen-bond acceptors (Lipinski definition) is 5. The SMILES string of the molecule is CC(=O)Oc1c(C(N)=O)cc(Br)cc1-c1nc(C(C)(C)C)c(Br)s1. The second kappa shape index (κ2) is 6.93. The number of nitrogens with zero attached hydrogens (tertiary/aromatic N) is 1. The lowest BCUT2D eigenvalue weighted by atomic mass is 9.93. The molecule has 24 heavy (non-hydrogen) atoms. The van der Waals surface area contributed by atoms with Crippen molar-refractivity contribution in [3.63, 3.8) is 0 Å². The van der Waals surface area contributed by atoms with Crippen LogP contribution in [0.1, 0.15) is 43.7 Å². The second-order valence-corrected chi connectivity index (χ2v) is 9.41. The molecule has 1 heterocycles. The average Bonchev–Trinajstić information content (AvgIpc) is 2.81. The van der Waals surface area contributed by atoms with Crippen LogP contribution in [-0.2, 0) is 10.2 Å². The van der Waals surface area contributed by atoms with Crippen LogP contribution >= 0.6 is 43.2 Å². The molecule has 2 N–H and O–H groups in total. The Balaban J connectivity index is 2.74. The summed E-state index contributed by atoms with van der Waals surface area (Å²) in [6.45, 7) is 7.44. The minimum absolute atomic E-state index is 0.123. The predicted octanol–water partition coefficient (Wildman–Crippen LogP) is 4.66. The first-order valence-corrected chi connectivity index (χ1v) is 9.40. The molecule has 0 spiro atoms. The number of halogens is 2. The zero-order valence-corrected chi connectivity index (χ0v) is 17.6. The Bertz CT molecular complexity index is 825. The van der Waals surface area contributed by atoms with Gasteiger partial charge in [-0.2, -0.15) is 0 Å². The summed E-state index contributed by atoms with van der Waals surface area (Å²) in [5.74, 6) is -1.09. The number of nitrogens with two attached hydrogens (primary N) is 1. The Hall–Kier alpha value is -1.25. The van der Waals surface area contributed by atoms with Crippen molar-refractivity contribution in [3.8, 4) is 16.3 Å². The summed E-state index contributed by atoms with van der Waals surface area (Å²) in [4.78, 5) is 27.9. The molecule has 0 bridgehead atoms. The lowest BCUT2D eigenvalue weighted by Gasteiger charge is -2.15. The van der Waals surface area contributed by atoms with Gasteiger partial charge in [-0.25, -0.2) is 4.98 Å². The third-order valence-electron chi connectivity index (χ3n) is 3.09. The number of hydrogen-bond donors (Lipinski definition) is 1. The topological polar surface area (TPSA) is 82.3 Å². The number of rotatable bonds is 3.